The van der Waals surface area contributed by atoms with Gasteiger partial charge in [0, 0.05) is 11.3 Å². The van der Waals surface area contributed by atoms with Crippen LogP contribution in [0, 0.1) is 0 Å². The SMILES string of the molecule is O=C(OC[C@H]1O[C@@H](SCc2ccccc2)[C@H](OC(=O)c2ccccc2)[C@@H](OC(=O)c2ccccc2)[C@@H]1O[C@@H]1O[C@@H]2COC(c3ccccc3)O[C@@H]2[C@H](OC(=O)c2ccccc2)[C@H]1OC(=O)c1ccccc1)c1ccccc1. The van der Waals surface area contributed by atoms with Crippen LogP contribution in [0.3, 0.4) is 0 Å². The van der Waals surface area contributed by atoms with Crippen LogP contribution in [0.15, 0.2) is 212 Å². The zero-order valence-corrected chi connectivity index (χ0v) is 42.0. The molecule has 0 aromatic heterocycles. The molecule has 7 aromatic carbocycles. The Labute approximate surface area is 448 Å². The molecule has 0 saturated carbocycles. The minimum absolute atomic E-state index is 0.135. The molecule has 10 rings (SSSR count). The standard InChI is InChI=1S/C61H52O15S/c62-54(40-24-10-2-11-25-40)67-36-47-49(51(72-56(64)42-28-14-4-15-29-42)53(74-58(66)44-32-18-6-19-33-44)61(70-47)77-38-39-22-8-1-9-23-39)76-60-52(73-57(65)43-30-16-5-17-31-43)50(71-55(63)41-26-12-3-13-27-41)48-46(69-60)37-68-59(75-48)45-34-20-7-21-35-45/h1-35,46-53,59-61H,36-38H2/t46-,47-,48+,49-,50+,51+,52-,53-,59?,60+,61+/m1/s1. The molecule has 392 valence electrons. The largest absolute Gasteiger partial charge is 0.459 e. The maximum absolute atomic E-state index is 14.6. The summed E-state index contributed by atoms with van der Waals surface area (Å²) in [4.78, 5) is 71.5. The number of rotatable bonds is 17. The van der Waals surface area contributed by atoms with E-state index in [0.29, 0.717) is 11.3 Å². The molecule has 0 aliphatic carbocycles. The van der Waals surface area contributed by atoms with Gasteiger partial charge in [0.05, 0.1) is 34.4 Å². The highest BCUT2D eigenvalue weighted by Gasteiger charge is 2.58. The Bertz CT molecular complexity index is 3050. The molecular formula is C61H52O15S. The Morgan fingerprint density at radius 1 is 0.429 bits per heavy atom. The van der Waals surface area contributed by atoms with Crippen molar-refractivity contribution in [2.24, 2.45) is 0 Å². The quantitative estimate of drug-likeness (QED) is 0.0621. The minimum Gasteiger partial charge on any atom is -0.459 e. The van der Waals surface area contributed by atoms with Gasteiger partial charge in [-0.2, -0.15) is 0 Å². The summed E-state index contributed by atoms with van der Waals surface area (Å²) in [6.45, 7) is -0.645. The number of hydrogen-bond acceptors (Lipinski definition) is 16. The molecule has 15 nitrogen and oxygen atoms in total. The van der Waals surface area contributed by atoms with Crippen molar-refractivity contribution in [1.29, 1.82) is 0 Å². The van der Waals surface area contributed by atoms with Gasteiger partial charge in [0.25, 0.3) is 0 Å². The van der Waals surface area contributed by atoms with E-state index in [4.69, 9.17) is 47.4 Å². The third-order valence-corrected chi connectivity index (χ3v) is 14.1. The third-order valence-electron chi connectivity index (χ3n) is 12.9. The molecule has 1 unspecified atom stereocenters. The molecule has 0 amide bonds. The van der Waals surface area contributed by atoms with E-state index < -0.39 is 103 Å². The van der Waals surface area contributed by atoms with E-state index in [0.717, 1.165) is 5.56 Å². The normalized spacial score (nSPS) is 24.7. The number of carbonyl (C=O) groups excluding carboxylic acids is 5. The van der Waals surface area contributed by atoms with Gasteiger partial charge >= 0.3 is 29.8 Å². The summed E-state index contributed by atoms with van der Waals surface area (Å²) >= 11 is 1.25. The number of hydrogen-bond donors (Lipinski definition) is 0. The molecule has 16 heteroatoms. The minimum atomic E-state index is -1.73. The molecule has 0 bridgehead atoms. The van der Waals surface area contributed by atoms with Gasteiger partial charge in [-0.05, 0) is 66.2 Å². The van der Waals surface area contributed by atoms with E-state index in [9.17, 15) is 24.0 Å². The van der Waals surface area contributed by atoms with Gasteiger partial charge in [-0.15, -0.1) is 11.8 Å². The predicted molar refractivity (Wildman–Crippen MR) is 279 cm³/mol. The summed E-state index contributed by atoms with van der Waals surface area (Å²) in [5.74, 6) is -3.61. The summed E-state index contributed by atoms with van der Waals surface area (Å²) in [6, 6.07) is 59.8. The van der Waals surface area contributed by atoms with E-state index in [2.05, 4.69) is 0 Å². The van der Waals surface area contributed by atoms with E-state index in [1.807, 2.05) is 60.7 Å². The monoisotopic (exact) mass is 1060 g/mol. The fraction of sp³-hybridized carbons (Fsp3) is 0.230. The first-order chi connectivity index (χ1) is 37.8. The Hall–Kier alpha value is -7.96. The van der Waals surface area contributed by atoms with Crippen molar-refractivity contribution in [3.05, 3.63) is 251 Å². The van der Waals surface area contributed by atoms with Crippen molar-refractivity contribution in [1.82, 2.24) is 0 Å². The Morgan fingerprint density at radius 3 is 1.34 bits per heavy atom. The summed E-state index contributed by atoms with van der Waals surface area (Å²) in [5.41, 5.74) is 1.33. The van der Waals surface area contributed by atoms with Gasteiger partial charge in [0.15, 0.2) is 37.0 Å². The van der Waals surface area contributed by atoms with E-state index in [1.54, 1.807) is 152 Å². The summed E-state index contributed by atoms with van der Waals surface area (Å²) in [7, 11) is 0. The fourth-order valence-corrected chi connectivity index (χ4v) is 10.2. The molecule has 3 aliphatic rings. The van der Waals surface area contributed by atoms with Crippen molar-refractivity contribution in [3.63, 3.8) is 0 Å². The molecule has 3 saturated heterocycles. The van der Waals surface area contributed by atoms with Crippen LogP contribution in [0.5, 0.6) is 0 Å². The van der Waals surface area contributed by atoms with E-state index >= 15 is 0 Å². The highest BCUT2D eigenvalue weighted by atomic mass is 32.2. The van der Waals surface area contributed by atoms with Gasteiger partial charge in [-0.3, -0.25) is 0 Å². The first-order valence-corrected chi connectivity index (χ1v) is 26.0. The predicted octanol–water partition coefficient (Wildman–Crippen LogP) is 9.63. The third kappa shape index (κ3) is 13.0. The lowest BCUT2D eigenvalue weighted by molar-refractivity contribution is -0.375. The van der Waals surface area contributed by atoms with Crippen LogP contribution in [-0.4, -0.2) is 104 Å². The maximum atomic E-state index is 14.6. The van der Waals surface area contributed by atoms with Gasteiger partial charge in [0.2, 0.25) is 0 Å². The fourth-order valence-electron chi connectivity index (χ4n) is 9.05. The molecule has 77 heavy (non-hydrogen) atoms. The van der Waals surface area contributed by atoms with Gasteiger partial charge in [-0.1, -0.05) is 152 Å². The first kappa shape index (κ1) is 52.5. The zero-order valence-electron chi connectivity index (χ0n) is 41.2. The summed E-state index contributed by atoms with van der Waals surface area (Å²) < 4.78 is 65.4. The lowest BCUT2D eigenvalue weighted by atomic mass is 9.95. The number of esters is 5. The molecule has 0 radical (unpaired) electrons. The van der Waals surface area contributed by atoms with Crippen molar-refractivity contribution >= 4 is 41.6 Å². The molecule has 3 aliphatic heterocycles. The first-order valence-electron chi connectivity index (χ1n) is 25.0. The number of fused-ring (bicyclic) bond motifs is 1. The van der Waals surface area contributed by atoms with Gasteiger partial charge < -0.3 is 47.4 Å². The van der Waals surface area contributed by atoms with Crippen molar-refractivity contribution in [3.8, 4) is 0 Å². The molecule has 11 atom stereocenters. The van der Waals surface area contributed by atoms with Crippen LogP contribution in [0.1, 0.15) is 69.2 Å². The van der Waals surface area contributed by atoms with Crippen LogP contribution in [0.2, 0.25) is 0 Å². The van der Waals surface area contributed by atoms with Crippen LogP contribution in [-0.2, 0) is 53.1 Å². The van der Waals surface area contributed by atoms with Crippen molar-refractivity contribution in [2.75, 3.05) is 13.2 Å². The van der Waals surface area contributed by atoms with Crippen LogP contribution < -0.4 is 0 Å². The molecule has 7 aromatic rings. The Balaban J connectivity index is 1.09. The zero-order chi connectivity index (χ0) is 52.9. The van der Waals surface area contributed by atoms with Gasteiger partial charge in [-0.25, -0.2) is 24.0 Å². The number of ether oxygens (including phenoxy) is 10. The molecule has 0 N–H and O–H groups in total. The number of benzene rings is 7. The average molecular weight is 1060 g/mol. The summed E-state index contributed by atoms with van der Waals surface area (Å²) in [6.07, 6.45) is -14.0. The van der Waals surface area contributed by atoms with Crippen molar-refractivity contribution < 1.29 is 71.3 Å². The van der Waals surface area contributed by atoms with Crippen LogP contribution in [0.25, 0.3) is 0 Å². The molecule has 3 fully saturated rings. The lowest BCUT2D eigenvalue weighted by Gasteiger charge is -2.50. The number of thioether (sulfide) groups is 1. The van der Waals surface area contributed by atoms with E-state index in [-0.39, 0.29) is 34.4 Å². The Kier molecular flexibility index (Phi) is 17.2. The summed E-state index contributed by atoms with van der Waals surface area (Å²) in [5, 5.41) is 0. The Morgan fingerprint density at radius 2 is 0.844 bits per heavy atom. The topological polar surface area (TPSA) is 178 Å². The highest BCUT2D eigenvalue weighted by Crippen LogP contribution is 2.41. The second-order valence-electron chi connectivity index (χ2n) is 18.1. The maximum Gasteiger partial charge on any atom is 0.338 e. The highest BCUT2D eigenvalue weighted by molar-refractivity contribution is 7.99. The average Bonchev–Trinajstić information content (AvgIpc) is 3.51. The number of carbonyl (C=O) groups is 5. The van der Waals surface area contributed by atoms with Crippen LogP contribution in [0.4, 0.5) is 0 Å². The van der Waals surface area contributed by atoms with Crippen molar-refractivity contribution in [2.45, 2.75) is 72.6 Å². The second kappa shape index (κ2) is 25.3. The molecule has 0 spiro atoms. The molecule has 3 heterocycles. The second-order valence-corrected chi connectivity index (χ2v) is 19.2. The van der Waals surface area contributed by atoms with E-state index in [1.165, 1.54) is 11.8 Å². The smallest absolute Gasteiger partial charge is 0.338 e. The molecular weight excluding hydrogens is 1000 g/mol. The van der Waals surface area contributed by atoms with Crippen LogP contribution >= 0.6 is 11.8 Å². The lowest BCUT2D eigenvalue weighted by Crippen LogP contribution is -2.67. The van der Waals surface area contributed by atoms with Gasteiger partial charge in [0.1, 0.15) is 36.5 Å².